The molecule has 0 saturated heterocycles. The van der Waals surface area contributed by atoms with Crippen molar-refractivity contribution >= 4 is 15.7 Å². The first kappa shape index (κ1) is 11.7. The zero-order chi connectivity index (χ0) is 12.5. The molecule has 0 saturated carbocycles. The Bertz CT molecular complexity index is 614. The van der Waals surface area contributed by atoms with Crippen molar-refractivity contribution in [2.24, 2.45) is 0 Å². The van der Waals surface area contributed by atoms with Gasteiger partial charge in [0, 0.05) is 23.8 Å². The molecule has 6 heteroatoms. The van der Waals surface area contributed by atoms with E-state index in [9.17, 15) is 8.42 Å². The molecule has 90 valence electrons. The van der Waals surface area contributed by atoms with E-state index in [1.807, 2.05) is 29.8 Å². The molecule has 2 aromatic rings. The predicted octanol–water partition coefficient (Wildman–Crippen LogP) is 1.55. The Labute approximate surface area is 100 Å². The molecule has 0 radical (unpaired) electrons. The molecular weight excluding hydrogens is 238 g/mol. The van der Waals surface area contributed by atoms with Gasteiger partial charge in [-0.3, -0.25) is 4.72 Å². The fraction of sp³-hybridized carbons (Fsp3) is 0.182. The van der Waals surface area contributed by atoms with Crippen LogP contribution in [-0.4, -0.2) is 24.2 Å². The van der Waals surface area contributed by atoms with Crippen LogP contribution in [0.4, 0.5) is 5.69 Å². The maximum atomic E-state index is 11.0. The zero-order valence-electron chi connectivity index (χ0n) is 9.58. The van der Waals surface area contributed by atoms with E-state index in [4.69, 9.17) is 0 Å². The van der Waals surface area contributed by atoms with Gasteiger partial charge in [-0.05, 0) is 31.2 Å². The average molecular weight is 251 g/mol. The van der Waals surface area contributed by atoms with Crippen molar-refractivity contribution in [2.45, 2.75) is 6.92 Å². The summed E-state index contributed by atoms with van der Waals surface area (Å²) in [6, 6.07) is 7.11. The highest BCUT2D eigenvalue weighted by Gasteiger charge is 2.03. The number of nitrogens with one attached hydrogen (secondary N) is 1. The number of aromatic nitrogens is 2. The van der Waals surface area contributed by atoms with Crippen molar-refractivity contribution in [1.82, 2.24) is 9.55 Å². The highest BCUT2D eigenvalue weighted by atomic mass is 32.2. The minimum absolute atomic E-state index is 0.550. The lowest BCUT2D eigenvalue weighted by atomic mass is 10.3. The first-order valence-corrected chi connectivity index (χ1v) is 6.93. The smallest absolute Gasteiger partial charge is 0.229 e. The molecular formula is C11H13N3O2S. The maximum Gasteiger partial charge on any atom is 0.229 e. The van der Waals surface area contributed by atoms with Gasteiger partial charge in [0.1, 0.15) is 5.82 Å². The Morgan fingerprint density at radius 1 is 1.24 bits per heavy atom. The van der Waals surface area contributed by atoms with E-state index in [1.54, 1.807) is 18.3 Å². The van der Waals surface area contributed by atoms with Gasteiger partial charge in [-0.2, -0.15) is 0 Å². The fourth-order valence-electron chi connectivity index (χ4n) is 1.55. The van der Waals surface area contributed by atoms with Crippen LogP contribution in [0.5, 0.6) is 0 Å². The summed E-state index contributed by atoms with van der Waals surface area (Å²) in [4.78, 5) is 4.13. The molecule has 0 spiro atoms. The van der Waals surface area contributed by atoms with E-state index in [0.717, 1.165) is 17.8 Å². The molecule has 2 rings (SSSR count). The zero-order valence-corrected chi connectivity index (χ0v) is 10.4. The molecule has 0 aliphatic carbocycles. The summed E-state index contributed by atoms with van der Waals surface area (Å²) in [5, 5.41) is 0. The standard InChI is InChI=1S/C11H13N3O2S/c1-9-12-7-8-14(9)11-5-3-10(4-6-11)13-17(2,15)16/h3-8,13H,1-2H3. The van der Waals surface area contributed by atoms with Crippen molar-refractivity contribution in [3.8, 4) is 5.69 Å². The number of nitrogens with zero attached hydrogens (tertiary/aromatic N) is 2. The molecule has 0 unspecified atom stereocenters. The Morgan fingerprint density at radius 3 is 2.35 bits per heavy atom. The molecule has 1 heterocycles. The predicted molar refractivity (Wildman–Crippen MR) is 66.8 cm³/mol. The Hall–Kier alpha value is -1.82. The summed E-state index contributed by atoms with van der Waals surface area (Å²) in [6.45, 7) is 1.91. The number of benzene rings is 1. The first-order valence-electron chi connectivity index (χ1n) is 5.04. The Kier molecular flexibility index (Phi) is 2.89. The monoisotopic (exact) mass is 251 g/mol. The lowest BCUT2D eigenvalue weighted by Gasteiger charge is -2.07. The number of anilines is 1. The van der Waals surface area contributed by atoms with E-state index in [-0.39, 0.29) is 0 Å². The van der Waals surface area contributed by atoms with Crippen LogP contribution >= 0.6 is 0 Å². The van der Waals surface area contributed by atoms with Gasteiger partial charge in [0.25, 0.3) is 0 Å². The highest BCUT2D eigenvalue weighted by Crippen LogP contribution is 2.15. The third kappa shape index (κ3) is 2.85. The third-order valence-corrected chi connectivity index (χ3v) is 2.88. The number of hydrogen-bond acceptors (Lipinski definition) is 3. The van der Waals surface area contributed by atoms with Gasteiger partial charge in [0.2, 0.25) is 10.0 Å². The SMILES string of the molecule is Cc1nccn1-c1ccc(NS(C)(=O)=O)cc1. The van der Waals surface area contributed by atoms with E-state index in [2.05, 4.69) is 9.71 Å². The number of imidazole rings is 1. The van der Waals surface area contributed by atoms with Crippen LogP contribution in [0, 0.1) is 6.92 Å². The van der Waals surface area contributed by atoms with Crippen LogP contribution in [-0.2, 0) is 10.0 Å². The van der Waals surface area contributed by atoms with Crippen LogP contribution in [0.25, 0.3) is 5.69 Å². The van der Waals surface area contributed by atoms with Gasteiger partial charge < -0.3 is 4.57 Å². The van der Waals surface area contributed by atoms with Crippen LogP contribution in [0.3, 0.4) is 0 Å². The van der Waals surface area contributed by atoms with E-state index in [1.165, 1.54) is 0 Å². The van der Waals surface area contributed by atoms with Crippen molar-refractivity contribution < 1.29 is 8.42 Å². The minimum atomic E-state index is -3.22. The molecule has 1 aromatic heterocycles. The number of aryl methyl sites for hydroxylation is 1. The second kappa shape index (κ2) is 4.21. The number of hydrogen-bond donors (Lipinski definition) is 1. The molecule has 1 aromatic carbocycles. The molecule has 0 amide bonds. The molecule has 5 nitrogen and oxygen atoms in total. The molecule has 0 aliphatic rings. The largest absolute Gasteiger partial charge is 0.304 e. The Morgan fingerprint density at radius 2 is 1.88 bits per heavy atom. The van der Waals surface area contributed by atoms with E-state index in [0.29, 0.717) is 5.69 Å². The molecule has 17 heavy (non-hydrogen) atoms. The lowest BCUT2D eigenvalue weighted by molar-refractivity contribution is 0.607. The van der Waals surface area contributed by atoms with Gasteiger partial charge >= 0.3 is 0 Å². The van der Waals surface area contributed by atoms with Crippen LogP contribution < -0.4 is 4.72 Å². The summed E-state index contributed by atoms with van der Waals surface area (Å²) in [6.07, 6.45) is 4.70. The third-order valence-electron chi connectivity index (χ3n) is 2.27. The lowest BCUT2D eigenvalue weighted by Crippen LogP contribution is -2.09. The van der Waals surface area contributed by atoms with Crippen molar-refractivity contribution in [3.05, 3.63) is 42.5 Å². The quantitative estimate of drug-likeness (QED) is 0.900. The molecule has 0 aliphatic heterocycles. The average Bonchev–Trinajstić information content (AvgIpc) is 2.63. The van der Waals surface area contributed by atoms with Gasteiger partial charge in [-0.15, -0.1) is 0 Å². The minimum Gasteiger partial charge on any atom is -0.304 e. The van der Waals surface area contributed by atoms with Gasteiger partial charge in [0.15, 0.2) is 0 Å². The van der Waals surface area contributed by atoms with Gasteiger partial charge in [0.05, 0.1) is 6.26 Å². The summed E-state index contributed by atoms with van der Waals surface area (Å²) >= 11 is 0. The summed E-state index contributed by atoms with van der Waals surface area (Å²) in [5.74, 6) is 0.883. The first-order chi connectivity index (χ1) is 7.96. The van der Waals surface area contributed by atoms with Crippen molar-refractivity contribution in [2.75, 3.05) is 11.0 Å². The Balaban J connectivity index is 2.28. The topological polar surface area (TPSA) is 64.0 Å². The molecule has 0 atom stereocenters. The van der Waals surface area contributed by atoms with E-state index >= 15 is 0 Å². The molecule has 1 N–H and O–H groups in total. The highest BCUT2D eigenvalue weighted by molar-refractivity contribution is 7.92. The molecule has 0 fully saturated rings. The van der Waals surface area contributed by atoms with Crippen LogP contribution in [0.2, 0.25) is 0 Å². The number of sulfonamides is 1. The van der Waals surface area contributed by atoms with Crippen molar-refractivity contribution in [3.63, 3.8) is 0 Å². The summed E-state index contributed by atoms with van der Waals surface area (Å²) < 4.78 is 26.4. The molecule has 0 bridgehead atoms. The second-order valence-electron chi connectivity index (χ2n) is 3.77. The van der Waals surface area contributed by atoms with Crippen LogP contribution in [0.1, 0.15) is 5.82 Å². The summed E-state index contributed by atoms with van der Waals surface area (Å²) in [5.41, 5.74) is 1.49. The normalized spacial score (nSPS) is 11.4. The maximum absolute atomic E-state index is 11.0. The van der Waals surface area contributed by atoms with E-state index < -0.39 is 10.0 Å². The fourth-order valence-corrected chi connectivity index (χ4v) is 2.12. The van der Waals surface area contributed by atoms with Gasteiger partial charge in [-0.1, -0.05) is 0 Å². The van der Waals surface area contributed by atoms with Gasteiger partial charge in [-0.25, -0.2) is 13.4 Å². The summed E-state index contributed by atoms with van der Waals surface area (Å²) in [7, 11) is -3.22. The van der Waals surface area contributed by atoms with Crippen molar-refractivity contribution in [1.29, 1.82) is 0 Å². The van der Waals surface area contributed by atoms with Crippen LogP contribution in [0.15, 0.2) is 36.7 Å². The second-order valence-corrected chi connectivity index (χ2v) is 5.51. The number of rotatable bonds is 3.